The first-order valence-corrected chi connectivity index (χ1v) is 6.44. The van der Waals surface area contributed by atoms with E-state index in [2.05, 4.69) is 15.2 Å². The standard InChI is InChI=1S/C13H20N4O/c1-2-11(14)12-5-4-10(8-16-12)17-7-3-6-15-13(18)9-17/h4-5,8,11H,2-3,6-7,9,14H2,1H3,(H,15,18). The van der Waals surface area contributed by atoms with Crippen LogP contribution >= 0.6 is 0 Å². The molecule has 2 rings (SSSR count). The van der Waals surface area contributed by atoms with E-state index in [4.69, 9.17) is 5.73 Å². The molecule has 5 heteroatoms. The molecule has 1 aromatic rings. The van der Waals surface area contributed by atoms with Crippen molar-refractivity contribution in [3.63, 3.8) is 0 Å². The maximum absolute atomic E-state index is 11.5. The number of amides is 1. The largest absolute Gasteiger partial charge is 0.361 e. The number of aromatic nitrogens is 1. The zero-order valence-electron chi connectivity index (χ0n) is 10.7. The third kappa shape index (κ3) is 2.98. The summed E-state index contributed by atoms with van der Waals surface area (Å²) in [4.78, 5) is 17.9. The predicted octanol–water partition coefficient (Wildman–Crippen LogP) is 0.818. The third-order valence-corrected chi connectivity index (χ3v) is 3.22. The van der Waals surface area contributed by atoms with E-state index in [0.29, 0.717) is 6.54 Å². The van der Waals surface area contributed by atoms with Gasteiger partial charge in [-0.2, -0.15) is 0 Å². The van der Waals surface area contributed by atoms with Gasteiger partial charge in [0.1, 0.15) is 0 Å². The van der Waals surface area contributed by atoms with Crippen LogP contribution in [-0.2, 0) is 4.79 Å². The number of carbonyl (C=O) groups is 1. The zero-order chi connectivity index (χ0) is 13.0. The van der Waals surface area contributed by atoms with Gasteiger partial charge in [0.2, 0.25) is 5.91 Å². The van der Waals surface area contributed by atoms with Crippen molar-refractivity contribution < 1.29 is 4.79 Å². The Morgan fingerprint density at radius 3 is 3.06 bits per heavy atom. The summed E-state index contributed by atoms with van der Waals surface area (Å²) in [6.45, 7) is 4.07. The van der Waals surface area contributed by atoms with Crippen molar-refractivity contribution in [3.8, 4) is 0 Å². The van der Waals surface area contributed by atoms with Crippen LogP contribution < -0.4 is 16.0 Å². The van der Waals surface area contributed by atoms with Gasteiger partial charge in [-0.15, -0.1) is 0 Å². The number of hydrogen-bond donors (Lipinski definition) is 2. The lowest BCUT2D eigenvalue weighted by atomic mass is 10.1. The Balaban J connectivity index is 2.10. The number of pyridine rings is 1. The fraction of sp³-hybridized carbons (Fsp3) is 0.538. The van der Waals surface area contributed by atoms with Gasteiger partial charge in [-0.05, 0) is 25.0 Å². The molecule has 1 unspecified atom stereocenters. The van der Waals surface area contributed by atoms with E-state index < -0.39 is 0 Å². The number of rotatable bonds is 3. The summed E-state index contributed by atoms with van der Waals surface area (Å²) in [6, 6.07) is 3.94. The minimum Gasteiger partial charge on any atom is -0.361 e. The monoisotopic (exact) mass is 248 g/mol. The van der Waals surface area contributed by atoms with Crippen LogP contribution in [0.4, 0.5) is 5.69 Å². The summed E-state index contributed by atoms with van der Waals surface area (Å²) in [6.07, 6.45) is 3.64. The first-order valence-electron chi connectivity index (χ1n) is 6.44. The average Bonchev–Trinajstić information content (AvgIpc) is 2.63. The van der Waals surface area contributed by atoms with Gasteiger partial charge in [-0.1, -0.05) is 6.92 Å². The van der Waals surface area contributed by atoms with Crippen molar-refractivity contribution in [3.05, 3.63) is 24.0 Å². The Hall–Kier alpha value is -1.62. The summed E-state index contributed by atoms with van der Waals surface area (Å²) in [5.74, 6) is 0.0711. The van der Waals surface area contributed by atoms with Gasteiger partial charge in [0.15, 0.2) is 0 Å². The molecule has 0 bridgehead atoms. The molecule has 2 heterocycles. The molecule has 98 valence electrons. The van der Waals surface area contributed by atoms with Gasteiger partial charge in [0.25, 0.3) is 0 Å². The van der Waals surface area contributed by atoms with Gasteiger partial charge >= 0.3 is 0 Å². The molecule has 1 amide bonds. The smallest absolute Gasteiger partial charge is 0.239 e. The molecule has 0 aromatic carbocycles. The van der Waals surface area contributed by atoms with E-state index in [1.807, 2.05) is 25.3 Å². The van der Waals surface area contributed by atoms with Crippen molar-refractivity contribution >= 4 is 11.6 Å². The molecular weight excluding hydrogens is 228 g/mol. The van der Waals surface area contributed by atoms with Crippen LogP contribution in [0.15, 0.2) is 18.3 Å². The highest BCUT2D eigenvalue weighted by Gasteiger charge is 2.15. The summed E-state index contributed by atoms with van der Waals surface area (Å²) in [7, 11) is 0. The molecule has 1 atom stereocenters. The quantitative estimate of drug-likeness (QED) is 0.830. The topological polar surface area (TPSA) is 71.2 Å². The van der Waals surface area contributed by atoms with E-state index in [0.717, 1.165) is 37.3 Å². The lowest BCUT2D eigenvalue weighted by Crippen LogP contribution is -2.33. The molecule has 1 aliphatic heterocycles. The minimum absolute atomic E-state index is 0.00789. The predicted molar refractivity (Wildman–Crippen MR) is 71.3 cm³/mol. The third-order valence-electron chi connectivity index (χ3n) is 3.22. The second kappa shape index (κ2) is 5.82. The van der Waals surface area contributed by atoms with Crippen LogP contribution in [0.3, 0.4) is 0 Å². The van der Waals surface area contributed by atoms with Crippen LogP contribution in [0.2, 0.25) is 0 Å². The van der Waals surface area contributed by atoms with E-state index >= 15 is 0 Å². The van der Waals surface area contributed by atoms with Crippen molar-refractivity contribution in [2.24, 2.45) is 5.73 Å². The van der Waals surface area contributed by atoms with Crippen molar-refractivity contribution in [2.75, 3.05) is 24.5 Å². The maximum atomic E-state index is 11.5. The summed E-state index contributed by atoms with van der Waals surface area (Å²) < 4.78 is 0. The lowest BCUT2D eigenvalue weighted by Gasteiger charge is -2.21. The van der Waals surface area contributed by atoms with Gasteiger partial charge in [-0.3, -0.25) is 9.78 Å². The minimum atomic E-state index is -0.00789. The van der Waals surface area contributed by atoms with Gasteiger partial charge < -0.3 is 16.0 Å². The number of hydrogen-bond acceptors (Lipinski definition) is 4. The molecular formula is C13H20N4O. The maximum Gasteiger partial charge on any atom is 0.239 e. The molecule has 18 heavy (non-hydrogen) atoms. The number of carbonyl (C=O) groups excluding carboxylic acids is 1. The molecule has 3 N–H and O–H groups in total. The van der Waals surface area contributed by atoms with Crippen LogP contribution in [0.1, 0.15) is 31.5 Å². The SMILES string of the molecule is CCC(N)c1ccc(N2CCCNC(=O)C2)cn1. The van der Waals surface area contributed by atoms with Crippen LogP contribution in [0.25, 0.3) is 0 Å². The fourth-order valence-corrected chi connectivity index (χ4v) is 2.04. The molecule has 5 nitrogen and oxygen atoms in total. The number of anilines is 1. The first-order chi connectivity index (χ1) is 8.70. The number of nitrogens with one attached hydrogen (secondary N) is 1. The molecule has 0 saturated carbocycles. The molecule has 1 aromatic heterocycles. The van der Waals surface area contributed by atoms with E-state index in [-0.39, 0.29) is 11.9 Å². The highest BCUT2D eigenvalue weighted by atomic mass is 16.2. The van der Waals surface area contributed by atoms with Gasteiger partial charge in [0.05, 0.1) is 24.1 Å². The normalized spacial score (nSPS) is 18.1. The summed E-state index contributed by atoms with van der Waals surface area (Å²) in [5, 5.41) is 2.86. The van der Waals surface area contributed by atoms with Crippen molar-refractivity contribution in [1.82, 2.24) is 10.3 Å². The molecule has 0 spiro atoms. The average molecular weight is 248 g/mol. The van der Waals surface area contributed by atoms with Crippen LogP contribution in [0.5, 0.6) is 0 Å². The Kier molecular flexibility index (Phi) is 4.15. The van der Waals surface area contributed by atoms with Crippen LogP contribution in [-0.4, -0.2) is 30.5 Å². The Morgan fingerprint density at radius 1 is 1.56 bits per heavy atom. The second-order valence-corrected chi connectivity index (χ2v) is 4.58. The number of nitrogens with two attached hydrogens (primary N) is 1. The zero-order valence-corrected chi connectivity index (χ0v) is 10.7. The summed E-state index contributed by atoms with van der Waals surface area (Å²) in [5.41, 5.74) is 7.82. The molecule has 1 saturated heterocycles. The molecule has 1 aliphatic rings. The second-order valence-electron chi connectivity index (χ2n) is 4.58. The number of nitrogens with zero attached hydrogens (tertiary/aromatic N) is 2. The lowest BCUT2D eigenvalue weighted by molar-refractivity contribution is -0.119. The highest BCUT2D eigenvalue weighted by molar-refractivity contribution is 5.81. The van der Waals surface area contributed by atoms with E-state index in [1.54, 1.807) is 0 Å². The molecule has 1 fully saturated rings. The summed E-state index contributed by atoms with van der Waals surface area (Å²) >= 11 is 0. The van der Waals surface area contributed by atoms with Gasteiger partial charge in [-0.25, -0.2) is 0 Å². The van der Waals surface area contributed by atoms with E-state index in [9.17, 15) is 4.79 Å². The fourth-order valence-electron chi connectivity index (χ4n) is 2.04. The Morgan fingerprint density at radius 2 is 2.39 bits per heavy atom. The van der Waals surface area contributed by atoms with Gasteiger partial charge in [0, 0.05) is 19.1 Å². The van der Waals surface area contributed by atoms with Crippen molar-refractivity contribution in [2.45, 2.75) is 25.8 Å². The Bertz CT molecular complexity index is 404. The first kappa shape index (κ1) is 12.8. The highest BCUT2D eigenvalue weighted by Crippen LogP contribution is 2.17. The van der Waals surface area contributed by atoms with Crippen molar-refractivity contribution in [1.29, 1.82) is 0 Å². The van der Waals surface area contributed by atoms with Crippen LogP contribution in [0, 0.1) is 0 Å². The molecule has 0 radical (unpaired) electrons. The Labute approximate surface area is 107 Å². The van der Waals surface area contributed by atoms with E-state index in [1.165, 1.54) is 0 Å². The molecule has 0 aliphatic carbocycles.